The highest BCUT2D eigenvalue weighted by Crippen LogP contribution is 2.17. The van der Waals surface area contributed by atoms with Gasteiger partial charge in [-0.2, -0.15) is 0 Å². The first-order valence-electron chi connectivity index (χ1n) is 5.73. The van der Waals surface area contributed by atoms with Gasteiger partial charge in [0.15, 0.2) is 11.5 Å². The van der Waals surface area contributed by atoms with Crippen LogP contribution in [0.1, 0.15) is 31.0 Å². The summed E-state index contributed by atoms with van der Waals surface area (Å²) in [6, 6.07) is 2.78. The van der Waals surface area contributed by atoms with Gasteiger partial charge in [0.25, 0.3) is 5.56 Å². The van der Waals surface area contributed by atoms with E-state index in [0.717, 1.165) is 5.56 Å². The topological polar surface area (TPSA) is 43.6 Å². The van der Waals surface area contributed by atoms with Crippen LogP contribution in [0.5, 0.6) is 0 Å². The zero-order valence-electron chi connectivity index (χ0n) is 10.6. The van der Waals surface area contributed by atoms with Crippen LogP contribution < -0.4 is 5.56 Å². The van der Waals surface area contributed by atoms with E-state index in [0.29, 0.717) is 5.69 Å². The molecular formula is C13H15FN2O2. The van der Waals surface area contributed by atoms with Crippen LogP contribution in [0.4, 0.5) is 4.39 Å². The Hall–Kier alpha value is -1.75. The highest BCUT2D eigenvalue weighted by atomic mass is 19.1. The van der Waals surface area contributed by atoms with Crippen LogP contribution in [0.15, 0.2) is 23.1 Å². The Labute approximate surface area is 104 Å². The number of methoxy groups -OCH3 is 1. The maximum atomic E-state index is 13.9. The first-order valence-corrected chi connectivity index (χ1v) is 5.73. The van der Waals surface area contributed by atoms with E-state index in [2.05, 4.69) is 4.98 Å². The summed E-state index contributed by atoms with van der Waals surface area (Å²) in [4.78, 5) is 16.0. The largest absolute Gasteiger partial charge is 0.378 e. The Morgan fingerprint density at radius 3 is 2.78 bits per heavy atom. The van der Waals surface area contributed by atoms with Gasteiger partial charge in [0.05, 0.1) is 12.3 Å². The zero-order valence-corrected chi connectivity index (χ0v) is 10.6. The predicted molar refractivity (Wildman–Crippen MR) is 66.2 cm³/mol. The lowest BCUT2D eigenvalue weighted by atomic mass is 10.1. The number of hydrogen-bond donors (Lipinski definition) is 0. The third-order valence-corrected chi connectivity index (χ3v) is 2.75. The Kier molecular flexibility index (Phi) is 3.43. The van der Waals surface area contributed by atoms with Crippen LogP contribution >= 0.6 is 0 Å². The van der Waals surface area contributed by atoms with Crippen molar-refractivity contribution in [2.24, 2.45) is 0 Å². The minimum atomic E-state index is -0.490. The second-order valence-corrected chi connectivity index (χ2v) is 4.49. The van der Waals surface area contributed by atoms with E-state index in [1.54, 1.807) is 6.20 Å². The summed E-state index contributed by atoms with van der Waals surface area (Å²) in [5.74, 6) is -0.342. The molecule has 2 aromatic heterocycles. The molecule has 0 amide bonds. The SMILES string of the molecule is COCc1cc(=O)n2cc(C(C)C)cc(F)c2n1. The molecule has 0 aliphatic carbocycles. The van der Waals surface area contributed by atoms with E-state index >= 15 is 0 Å². The molecule has 2 rings (SSSR count). The van der Waals surface area contributed by atoms with Gasteiger partial charge in [-0.3, -0.25) is 9.20 Å². The second kappa shape index (κ2) is 4.86. The lowest BCUT2D eigenvalue weighted by molar-refractivity contribution is 0.181. The van der Waals surface area contributed by atoms with Crippen molar-refractivity contribution in [3.63, 3.8) is 0 Å². The average molecular weight is 250 g/mol. The molecule has 0 bridgehead atoms. The van der Waals surface area contributed by atoms with Crippen LogP contribution in [0.3, 0.4) is 0 Å². The molecule has 0 atom stereocenters. The van der Waals surface area contributed by atoms with Crippen molar-refractivity contribution in [2.75, 3.05) is 7.11 Å². The first-order chi connectivity index (χ1) is 8.52. The van der Waals surface area contributed by atoms with Gasteiger partial charge in [-0.25, -0.2) is 9.37 Å². The summed E-state index contributed by atoms with van der Waals surface area (Å²) in [5.41, 5.74) is 0.939. The van der Waals surface area contributed by atoms with Gasteiger partial charge >= 0.3 is 0 Å². The second-order valence-electron chi connectivity index (χ2n) is 4.49. The Morgan fingerprint density at radius 1 is 1.44 bits per heavy atom. The van der Waals surface area contributed by atoms with Gasteiger partial charge in [0, 0.05) is 19.4 Å². The number of aromatic nitrogens is 2. The van der Waals surface area contributed by atoms with Crippen molar-refractivity contribution in [3.8, 4) is 0 Å². The molecule has 0 saturated carbocycles. The molecule has 2 heterocycles. The number of pyridine rings is 1. The summed E-state index contributed by atoms with van der Waals surface area (Å²) in [6.07, 6.45) is 1.63. The molecule has 0 saturated heterocycles. The van der Waals surface area contributed by atoms with Gasteiger partial charge in [-0.1, -0.05) is 13.8 Å². The van der Waals surface area contributed by atoms with E-state index in [4.69, 9.17) is 4.74 Å². The fraction of sp³-hybridized carbons (Fsp3) is 0.385. The molecule has 0 spiro atoms. The molecule has 0 radical (unpaired) electrons. The van der Waals surface area contributed by atoms with Crippen LogP contribution in [0, 0.1) is 5.82 Å². The minimum absolute atomic E-state index is 0.0407. The first kappa shape index (κ1) is 12.7. The quantitative estimate of drug-likeness (QED) is 0.838. The number of halogens is 1. The number of hydrogen-bond acceptors (Lipinski definition) is 3. The van der Waals surface area contributed by atoms with Gasteiger partial charge in [-0.05, 0) is 17.5 Å². The number of rotatable bonds is 3. The van der Waals surface area contributed by atoms with Crippen molar-refractivity contribution >= 4 is 5.65 Å². The summed E-state index contributed by atoms with van der Waals surface area (Å²) < 4.78 is 20.1. The van der Waals surface area contributed by atoms with Gasteiger partial charge in [0.2, 0.25) is 0 Å². The number of ether oxygens (including phenoxy) is 1. The monoisotopic (exact) mass is 250 g/mol. The summed E-state index contributed by atoms with van der Waals surface area (Å²) in [7, 11) is 1.50. The van der Waals surface area contributed by atoms with Crippen LogP contribution in [0.2, 0.25) is 0 Å². The minimum Gasteiger partial charge on any atom is -0.378 e. The zero-order chi connectivity index (χ0) is 13.3. The van der Waals surface area contributed by atoms with Gasteiger partial charge < -0.3 is 4.74 Å². The maximum absolute atomic E-state index is 13.9. The van der Waals surface area contributed by atoms with E-state index in [9.17, 15) is 9.18 Å². The van der Waals surface area contributed by atoms with E-state index < -0.39 is 5.82 Å². The standard InChI is InChI=1S/C13H15FN2O2/c1-8(2)9-4-11(14)13-15-10(7-18-3)5-12(17)16(13)6-9/h4-6,8H,7H2,1-3H3. The Balaban J connectivity index is 2.71. The third kappa shape index (κ3) is 2.26. The van der Waals surface area contributed by atoms with Crippen molar-refractivity contribution in [1.82, 2.24) is 9.38 Å². The van der Waals surface area contributed by atoms with Crippen molar-refractivity contribution in [2.45, 2.75) is 26.4 Å². The highest BCUT2D eigenvalue weighted by Gasteiger charge is 2.10. The van der Waals surface area contributed by atoms with Crippen LogP contribution in [-0.4, -0.2) is 16.5 Å². The molecule has 18 heavy (non-hydrogen) atoms. The van der Waals surface area contributed by atoms with Crippen molar-refractivity contribution in [3.05, 3.63) is 45.8 Å². The predicted octanol–water partition coefficient (Wildman–Crippen LogP) is 2.10. The molecule has 0 fully saturated rings. The molecule has 4 nitrogen and oxygen atoms in total. The summed E-state index contributed by atoms with van der Waals surface area (Å²) in [5, 5.41) is 0. The smallest absolute Gasteiger partial charge is 0.258 e. The molecule has 96 valence electrons. The highest BCUT2D eigenvalue weighted by molar-refractivity contribution is 5.42. The van der Waals surface area contributed by atoms with E-state index in [-0.39, 0.29) is 23.7 Å². The summed E-state index contributed by atoms with van der Waals surface area (Å²) in [6.45, 7) is 4.08. The molecule has 0 aromatic carbocycles. The average Bonchev–Trinajstić information content (AvgIpc) is 2.30. The fourth-order valence-corrected chi connectivity index (χ4v) is 1.77. The molecule has 0 N–H and O–H groups in total. The molecule has 0 unspecified atom stereocenters. The van der Waals surface area contributed by atoms with E-state index in [1.165, 1.54) is 23.6 Å². The fourth-order valence-electron chi connectivity index (χ4n) is 1.77. The number of fused-ring (bicyclic) bond motifs is 1. The lowest BCUT2D eigenvalue weighted by Gasteiger charge is -2.09. The molecule has 5 heteroatoms. The molecule has 0 aliphatic rings. The van der Waals surface area contributed by atoms with Crippen LogP contribution in [0.25, 0.3) is 5.65 Å². The van der Waals surface area contributed by atoms with Crippen molar-refractivity contribution in [1.29, 1.82) is 0 Å². The Morgan fingerprint density at radius 2 is 2.17 bits per heavy atom. The van der Waals surface area contributed by atoms with E-state index in [1.807, 2.05) is 13.8 Å². The van der Waals surface area contributed by atoms with Crippen LogP contribution in [-0.2, 0) is 11.3 Å². The number of nitrogens with zero attached hydrogens (tertiary/aromatic N) is 2. The lowest BCUT2D eigenvalue weighted by Crippen LogP contribution is -2.17. The third-order valence-electron chi connectivity index (χ3n) is 2.75. The molecule has 2 aromatic rings. The van der Waals surface area contributed by atoms with Gasteiger partial charge in [-0.15, -0.1) is 0 Å². The Bertz CT molecular complexity index is 635. The maximum Gasteiger partial charge on any atom is 0.258 e. The summed E-state index contributed by atoms with van der Waals surface area (Å²) >= 11 is 0. The van der Waals surface area contributed by atoms with Gasteiger partial charge in [0.1, 0.15) is 0 Å². The van der Waals surface area contributed by atoms with Crippen molar-refractivity contribution < 1.29 is 9.13 Å². The molecular weight excluding hydrogens is 235 g/mol. The molecule has 0 aliphatic heterocycles. The normalized spacial score (nSPS) is 11.4.